The zero-order valence-electron chi connectivity index (χ0n) is 12.9. The second-order valence-corrected chi connectivity index (χ2v) is 6.66. The molecule has 2 aromatic heterocycles. The van der Waals surface area contributed by atoms with Gasteiger partial charge in [0.15, 0.2) is 0 Å². The van der Waals surface area contributed by atoms with E-state index >= 15 is 0 Å². The molecule has 1 atom stereocenters. The molecule has 0 saturated carbocycles. The number of aromatic nitrogens is 3. The van der Waals surface area contributed by atoms with Crippen LogP contribution in [0.1, 0.15) is 24.1 Å². The molecule has 0 radical (unpaired) electrons. The van der Waals surface area contributed by atoms with Crippen LogP contribution in [0.4, 0.5) is 11.8 Å². The lowest BCUT2D eigenvalue weighted by atomic mass is 10.1. The molecule has 2 aromatic rings. The van der Waals surface area contributed by atoms with Crippen LogP contribution in [-0.2, 0) is 0 Å². The monoisotopic (exact) mass is 361 g/mol. The van der Waals surface area contributed by atoms with Crippen LogP contribution in [0.15, 0.2) is 29.0 Å². The smallest absolute Gasteiger partial charge is 0.223 e. The summed E-state index contributed by atoms with van der Waals surface area (Å²) in [5, 5.41) is 3.45. The molecule has 3 rings (SSSR count). The van der Waals surface area contributed by atoms with Crippen LogP contribution in [0.2, 0.25) is 0 Å². The van der Waals surface area contributed by atoms with Crippen molar-refractivity contribution in [2.24, 2.45) is 0 Å². The molecule has 0 bridgehead atoms. The minimum atomic E-state index is 0.348. The summed E-state index contributed by atoms with van der Waals surface area (Å²) >= 11 is 3.47. The summed E-state index contributed by atoms with van der Waals surface area (Å²) in [6.45, 7) is 6.05. The van der Waals surface area contributed by atoms with E-state index < -0.39 is 0 Å². The van der Waals surface area contributed by atoms with Gasteiger partial charge >= 0.3 is 0 Å². The quantitative estimate of drug-likeness (QED) is 0.908. The van der Waals surface area contributed by atoms with Crippen molar-refractivity contribution in [2.45, 2.75) is 32.7 Å². The van der Waals surface area contributed by atoms with Gasteiger partial charge in [-0.15, -0.1) is 0 Å². The fourth-order valence-corrected chi connectivity index (χ4v) is 3.30. The first-order valence-electron chi connectivity index (χ1n) is 7.55. The SMILES string of the molecule is Cc1ccnc(NC2CCCN(c3ncc(Br)cc3C)C2)n1. The van der Waals surface area contributed by atoms with E-state index in [1.807, 2.05) is 19.2 Å². The number of anilines is 2. The molecule has 0 amide bonds. The summed E-state index contributed by atoms with van der Waals surface area (Å²) in [6, 6.07) is 4.37. The van der Waals surface area contributed by atoms with Crippen molar-refractivity contribution in [3.8, 4) is 0 Å². The van der Waals surface area contributed by atoms with Gasteiger partial charge in [0.25, 0.3) is 0 Å². The number of nitrogens with one attached hydrogen (secondary N) is 1. The van der Waals surface area contributed by atoms with Gasteiger partial charge in [-0.2, -0.15) is 0 Å². The highest BCUT2D eigenvalue weighted by molar-refractivity contribution is 9.10. The number of aryl methyl sites for hydroxylation is 2. The van der Waals surface area contributed by atoms with Gasteiger partial charge in [-0.3, -0.25) is 0 Å². The topological polar surface area (TPSA) is 53.9 Å². The lowest BCUT2D eigenvalue weighted by molar-refractivity contribution is 0.523. The fourth-order valence-electron chi connectivity index (χ4n) is 2.85. The second kappa shape index (κ2) is 6.60. The van der Waals surface area contributed by atoms with E-state index in [9.17, 15) is 0 Å². The molecule has 1 saturated heterocycles. The largest absolute Gasteiger partial charge is 0.354 e. The number of nitrogens with zero attached hydrogens (tertiary/aromatic N) is 4. The maximum atomic E-state index is 4.58. The highest BCUT2D eigenvalue weighted by atomic mass is 79.9. The Kier molecular flexibility index (Phi) is 4.57. The van der Waals surface area contributed by atoms with E-state index in [2.05, 4.69) is 54.1 Å². The first-order chi connectivity index (χ1) is 10.6. The third-order valence-corrected chi connectivity index (χ3v) is 4.30. The molecule has 116 valence electrons. The van der Waals surface area contributed by atoms with Crippen molar-refractivity contribution in [3.05, 3.63) is 40.3 Å². The number of halogens is 1. The van der Waals surface area contributed by atoms with Gasteiger partial charge in [-0.05, 0) is 60.3 Å². The normalized spacial score (nSPS) is 18.3. The van der Waals surface area contributed by atoms with Crippen LogP contribution < -0.4 is 10.2 Å². The molecular weight excluding hydrogens is 342 g/mol. The van der Waals surface area contributed by atoms with Gasteiger partial charge < -0.3 is 10.2 Å². The molecule has 6 heteroatoms. The van der Waals surface area contributed by atoms with Crippen LogP contribution >= 0.6 is 15.9 Å². The van der Waals surface area contributed by atoms with Crippen molar-refractivity contribution < 1.29 is 0 Å². The number of hydrogen-bond donors (Lipinski definition) is 1. The highest BCUT2D eigenvalue weighted by Crippen LogP contribution is 2.24. The average Bonchev–Trinajstić information content (AvgIpc) is 2.47. The third-order valence-electron chi connectivity index (χ3n) is 3.87. The third kappa shape index (κ3) is 3.55. The van der Waals surface area contributed by atoms with Crippen LogP contribution in [-0.4, -0.2) is 34.1 Å². The summed E-state index contributed by atoms with van der Waals surface area (Å²) in [5.74, 6) is 1.78. The van der Waals surface area contributed by atoms with Crippen molar-refractivity contribution in [1.82, 2.24) is 15.0 Å². The Morgan fingerprint density at radius 1 is 1.32 bits per heavy atom. The average molecular weight is 362 g/mol. The Balaban J connectivity index is 1.71. The predicted octanol–water partition coefficient (Wildman–Crippen LogP) is 3.33. The number of rotatable bonds is 3. The Bertz CT molecular complexity index is 661. The van der Waals surface area contributed by atoms with Gasteiger partial charge in [-0.1, -0.05) is 0 Å². The van der Waals surface area contributed by atoms with Gasteiger partial charge in [0, 0.05) is 41.7 Å². The van der Waals surface area contributed by atoms with E-state index in [-0.39, 0.29) is 0 Å². The summed E-state index contributed by atoms with van der Waals surface area (Å²) in [6.07, 6.45) is 5.93. The minimum absolute atomic E-state index is 0.348. The molecule has 3 heterocycles. The first kappa shape index (κ1) is 15.2. The van der Waals surface area contributed by atoms with Crippen LogP contribution in [0, 0.1) is 13.8 Å². The van der Waals surface area contributed by atoms with E-state index in [0.717, 1.165) is 41.9 Å². The lowest BCUT2D eigenvalue weighted by Gasteiger charge is -2.34. The standard InChI is InChI=1S/C16H20BrN5/c1-11-8-13(17)9-19-15(11)22-7-3-4-14(10-22)21-16-18-6-5-12(2)20-16/h5-6,8-9,14H,3-4,7,10H2,1-2H3,(H,18,20,21). The molecule has 1 aliphatic heterocycles. The molecule has 5 nitrogen and oxygen atoms in total. The molecule has 0 spiro atoms. The fraction of sp³-hybridized carbons (Fsp3) is 0.438. The summed E-state index contributed by atoms with van der Waals surface area (Å²) in [4.78, 5) is 15.7. The molecule has 0 aliphatic carbocycles. The molecular formula is C16H20BrN5. The molecule has 0 aromatic carbocycles. The summed E-state index contributed by atoms with van der Waals surface area (Å²) in [7, 11) is 0. The van der Waals surface area contributed by atoms with E-state index in [0.29, 0.717) is 12.0 Å². The Morgan fingerprint density at radius 3 is 2.95 bits per heavy atom. The van der Waals surface area contributed by atoms with Gasteiger partial charge in [0.2, 0.25) is 5.95 Å². The predicted molar refractivity (Wildman–Crippen MR) is 92.3 cm³/mol. The Labute approximate surface area is 139 Å². The van der Waals surface area contributed by atoms with Crippen molar-refractivity contribution >= 4 is 27.7 Å². The van der Waals surface area contributed by atoms with Crippen molar-refractivity contribution in [1.29, 1.82) is 0 Å². The zero-order chi connectivity index (χ0) is 15.5. The van der Waals surface area contributed by atoms with E-state index in [1.165, 1.54) is 5.56 Å². The second-order valence-electron chi connectivity index (χ2n) is 5.75. The van der Waals surface area contributed by atoms with Crippen LogP contribution in [0.25, 0.3) is 0 Å². The maximum Gasteiger partial charge on any atom is 0.223 e. The van der Waals surface area contributed by atoms with E-state index in [1.54, 1.807) is 6.20 Å². The minimum Gasteiger partial charge on any atom is -0.354 e. The number of hydrogen-bond acceptors (Lipinski definition) is 5. The zero-order valence-corrected chi connectivity index (χ0v) is 14.5. The van der Waals surface area contributed by atoms with Crippen LogP contribution in [0.5, 0.6) is 0 Å². The molecule has 1 aliphatic rings. The highest BCUT2D eigenvalue weighted by Gasteiger charge is 2.22. The summed E-state index contributed by atoms with van der Waals surface area (Å²) < 4.78 is 1.02. The molecule has 1 unspecified atom stereocenters. The van der Waals surface area contributed by atoms with Crippen molar-refractivity contribution in [2.75, 3.05) is 23.3 Å². The molecule has 1 fully saturated rings. The van der Waals surface area contributed by atoms with Crippen LogP contribution in [0.3, 0.4) is 0 Å². The maximum absolute atomic E-state index is 4.58. The van der Waals surface area contributed by atoms with Gasteiger partial charge in [-0.25, -0.2) is 15.0 Å². The Hall–Kier alpha value is -1.69. The van der Waals surface area contributed by atoms with Crippen molar-refractivity contribution in [3.63, 3.8) is 0 Å². The van der Waals surface area contributed by atoms with Gasteiger partial charge in [0.1, 0.15) is 5.82 Å². The molecule has 22 heavy (non-hydrogen) atoms. The van der Waals surface area contributed by atoms with E-state index in [4.69, 9.17) is 0 Å². The molecule has 1 N–H and O–H groups in total. The number of piperidine rings is 1. The summed E-state index contributed by atoms with van der Waals surface area (Å²) in [5.41, 5.74) is 2.18. The van der Waals surface area contributed by atoms with Gasteiger partial charge in [0.05, 0.1) is 0 Å². The lowest BCUT2D eigenvalue weighted by Crippen LogP contribution is -2.43. The number of pyridine rings is 1. The Morgan fingerprint density at radius 2 is 2.18 bits per heavy atom. The first-order valence-corrected chi connectivity index (χ1v) is 8.34.